The van der Waals surface area contributed by atoms with E-state index in [1.54, 1.807) is 0 Å². The molecule has 7 heteroatoms. The van der Waals surface area contributed by atoms with Gasteiger partial charge in [-0.15, -0.1) is 15.0 Å². The maximum Gasteiger partial charge on any atom is 0.338 e. The van der Waals surface area contributed by atoms with Crippen LogP contribution in [0.1, 0.15) is 10.4 Å². The van der Waals surface area contributed by atoms with Gasteiger partial charge in [-0.25, -0.2) is 9.18 Å². The maximum absolute atomic E-state index is 12.8. The third kappa shape index (κ3) is 1.66. The van der Waals surface area contributed by atoms with Crippen LogP contribution in [0.25, 0.3) is 5.69 Å². The van der Waals surface area contributed by atoms with Crippen molar-refractivity contribution in [3.05, 3.63) is 35.9 Å². The van der Waals surface area contributed by atoms with Gasteiger partial charge in [0.25, 0.3) is 0 Å². The fraction of sp³-hybridized carbons (Fsp3) is 0. The highest BCUT2D eigenvalue weighted by Crippen LogP contribution is 2.13. The summed E-state index contributed by atoms with van der Waals surface area (Å²) in [7, 11) is 0. The van der Waals surface area contributed by atoms with Crippen molar-refractivity contribution in [1.29, 1.82) is 0 Å². The van der Waals surface area contributed by atoms with E-state index in [-0.39, 0.29) is 11.3 Å². The van der Waals surface area contributed by atoms with E-state index in [1.165, 1.54) is 6.07 Å². The van der Waals surface area contributed by atoms with Gasteiger partial charge in [-0.2, -0.15) is 0 Å². The van der Waals surface area contributed by atoms with Crippen molar-refractivity contribution < 1.29 is 14.3 Å². The first-order valence-electron chi connectivity index (χ1n) is 3.94. The SMILES string of the molecule is O=C(O)c1cc(F)ccc1-n1ncnn1. The second-order valence-corrected chi connectivity index (χ2v) is 2.69. The predicted molar refractivity (Wildman–Crippen MR) is 46.1 cm³/mol. The van der Waals surface area contributed by atoms with Crippen molar-refractivity contribution >= 4 is 5.97 Å². The van der Waals surface area contributed by atoms with Crippen LogP contribution in [-0.2, 0) is 0 Å². The highest BCUT2D eigenvalue weighted by Gasteiger charge is 2.13. The van der Waals surface area contributed by atoms with Crippen LogP contribution in [-0.4, -0.2) is 31.3 Å². The Morgan fingerprint density at radius 1 is 1.47 bits per heavy atom. The lowest BCUT2D eigenvalue weighted by molar-refractivity contribution is 0.0696. The molecule has 0 unspecified atom stereocenters. The Morgan fingerprint density at radius 3 is 2.87 bits per heavy atom. The monoisotopic (exact) mass is 208 g/mol. The van der Waals surface area contributed by atoms with Crippen molar-refractivity contribution in [2.45, 2.75) is 0 Å². The van der Waals surface area contributed by atoms with Gasteiger partial charge in [0.15, 0.2) is 6.33 Å². The number of rotatable bonds is 2. The summed E-state index contributed by atoms with van der Waals surface area (Å²) >= 11 is 0. The van der Waals surface area contributed by atoms with Crippen LogP contribution in [0.2, 0.25) is 0 Å². The second kappa shape index (κ2) is 3.45. The molecule has 0 saturated heterocycles. The van der Waals surface area contributed by atoms with Gasteiger partial charge in [-0.3, -0.25) is 0 Å². The van der Waals surface area contributed by atoms with E-state index in [0.717, 1.165) is 23.3 Å². The Balaban J connectivity index is 2.61. The molecular weight excluding hydrogens is 203 g/mol. The number of aromatic carboxylic acids is 1. The lowest BCUT2D eigenvalue weighted by Gasteiger charge is -2.03. The molecule has 1 aromatic carbocycles. The van der Waals surface area contributed by atoms with Gasteiger partial charge in [0, 0.05) is 0 Å². The molecule has 15 heavy (non-hydrogen) atoms. The highest BCUT2D eigenvalue weighted by molar-refractivity contribution is 5.91. The number of benzene rings is 1. The van der Waals surface area contributed by atoms with Gasteiger partial charge < -0.3 is 5.11 Å². The van der Waals surface area contributed by atoms with Crippen LogP contribution in [0.3, 0.4) is 0 Å². The predicted octanol–water partition coefficient (Wildman–Crippen LogP) is 0.500. The van der Waals surface area contributed by atoms with Crippen LogP contribution in [0, 0.1) is 5.82 Å². The summed E-state index contributed by atoms with van der Waals surface area (Å²) in [5.41, 5.74) is -0.0469. The lowest BCUT2D eigenvalue weighted by Crippen LogP contribution is -2.08. The van der Waals surface area contributed by atoms with Crippen molar-refractivity contribution in [3.63, 3.8) is 0 Å². The number of aromatic nitrogens is 4. The minimum Gasteiger partial charge on any atom is -0.478 e. The molecule has 0 fully saturated rings. The number of tetrazole rings is 1. The Bertz CT molecular complexity index is 497. The fourth-order valence-corrected chi connectivity index (χ4v) is 1.13. The average molecular weight is 208 g/mol. The fourth-order valence-electron chi connectivity index (χ4n) is 1.13. The normalized spacial score (nSPS) is 10.2. The molecule has 6 nitrogen and oxygen atoms in total. The lowest BCUT2D eigenvalue weighted by atomic mass is 10.2. The molecule has 2 rings (SSSR count). The van der Waals surface area contributed by atoms with Gasteiger partial charge in [-0.05, 0) is 23.4 Å². The van der Waals surface area contributed by atoms with Gasteiger partial charge in [0.05, 0.1) is 5.56 Å². The third-order valence-electron chi connectivity index (χ3n) is 1.75. The zero-order chi connectivity index (χ0) is 10.8. The molecule has 0 radical (unpaired) electrons. The summed E-state index contributed by atoms with van der Waals surface area (Å²) in [5.74, 6) is -1.88. The van der Waals surface area contributed by atoms with Crippen LogP contribution in [0.15, 0.2) is 24.5 Å². The van der Waals surface area contributed by atoms with Crippen molar-refractivity contribution in [2.24, 2.45) is 0 Å². The Hall–Kier alpha value is -2.31. The van der Waals surface area contributed by atoms with Gasteiger partial charge in [0.2, 0.25) is 0 Å². The quantitative estimate of drug-likeness (QED) is 0.777. The summed E-state index contributed by atoms with van der Waals surface area (Å²) in [6.07, 6.45) is 1.16. The number of carboxylic acid groups (broad SMARTS) is 1. The molecular formula is C8H5FN4O2. The molecule has 1 aromatic heterocycles. The van der Waals surface area contributed by atoms with E-state index >= 15 is 0 Å². The second-order valence-electron chi connectivity index (χ2n) is 2.69. The summed E-state index contributed by atoms with van der Waals surface area (Å²) in [6, 6.07) is 3.31. The molecule has 1 heterocycles. The van der Waals surface area contributed by atoms with E-state index in [2.05, 4.69) is 15.4 Å². The van der Waals surface area contributed by atoms with Crippen LogP contribution in [0.4, 0.5) is 4.39 Å². The maximum atomic E-state index is 12.8. The molecule has 76 valence electrons. The third-order valence-corrected chi connectivity index (χ3v) is 1.75. The molecule has 0 aliphatic heterocycles. The van der Waals surface area contributed by atoms with E-state index in [4.69, 9.17) is 5.11 Å². The topological polar surface area (TPSA) is 80.9 Å². The van der Waals surface area contributed by atoms with Crippen molar-refractivity contribution in [1.82, 2.24) is 20.2 Å². The number of hydrogen-bond acceptors (Lipinski definition) is 4. The van der Waals surface area contributed by atoms with Gasteiger partial charge in [0.1, 0.15) is 11.5 Å². The highest BCUT2D eigenvalue weighted by atomic mass is 19.1. The van der Waals surface area contributed by atoms with Crippen LogP contribution in [0.5, 0.6) is 0 Å². The number of halogens is 1. The molecule has 0 aliphatic rings. The van der Waals surface area contributed by atoms with Crippen LogP contribution < -0.4 is 0 Å². The zero-order valence-corrected chi connectivity index (χ0v) is 7.33. The minimum atomic E-state index is -1.25. The van der Waals surface area contributed by atoms with Crippen LogP contribution >= 0.6 is 0 Å². The largest absolute Gasteiger partial charge is 0.478 e. The first-order chi connectivity index (χ1) is 7.18. The number of carbonyl (C=O) groups is 1. The van der Waals surface area contributed by atoms with Crippen molar-refractivity contribution in [2.75, 3.05) is 0 Å². The molecule has 0 spiro atoms. The Morgan fingerprint density at radius 2 is 2.27 bits per heavy atom. The molecule has 0 amide bonds. The molecule has 0 saturated carbocycles. The molecule has 1 N–H and O–H groups in total. The van der Waals surface area contributed by atoms with E-state index in [9.17, 15) is 9.18 Å². The first-order valence-corrected chi connectivity index (χ1v) is 3.94. The average Bonchev–Trinajstić information content (AvgIpc) is 2.70. The van der Waals surface area contributed by atoms with Gasteiger partial charge >= 0.3 is 5.97 Å². The summed E-state index contributed by atoms with van der Waals surface area (Å²) in [6.45, 7) is 0. The van der Waals surface area contributed by atoms with Gasteiger partial charge in [-0.1, -0.05) is 0 Å². The summed E-state index contributed by atoms with van der Waals surface area (Å²) < 4.78 is 12.8. The molecule has 2 aromatic rings. The van der Waals surface area contributed by atoms with Crippen molar-refractivity contribution in [3.8, 4) is 5.69 Å². The van der Waals surface area contributed by atoms with E-state index < -0.39 is 11.8 Å². The first kappa shape index (κ1) is 9.25. The Labute approximate surface area is 83.0 Å². The number of hydrogen-bond donors (Lipinski definition) is 1. The number of nitrogens with zero attached hydrogens (tertiary/aromatic N) is 4. The standard InChI is InChI=1S/C8H5FN4O2/c9-5-1-2-7(6(3-5)8(14)15)13-11-4-10-12-13/h1-4H,(H,14,15). The number of carboxylic acids is 1. The summed E-state index contributed by atoms with van der Waals surface area (Å²) in [5, 5.41) is 19.5. The molecule has 0 atom stereocenters. The zero-order valence-electron chi connectivity index (χ0n) is 7.33. The molecule has 0 aliphatic carbocycles. The molecule has 0 bridgehead atoms. The van der Waals surface area contributed by atoms with E-state index in [0.29, 0.717) is 0 Å². The minimum absolute atomic E-state index is 0.168. The Kier molecular flexibility index (Phi) is 2.13. The van der Waals surface area contributed by atoms with E-state index in [1.807, 2.05) is 0 Å². The smallest absolute Gasteiger partial charge is 0.338 e. The summed E-state index contributed by atoms with van der Waals surface area (Å²) in [4.78, 5) is 11.8.